The van der Waals surface area contributed by atoms with Crippen LogP contribution in [0.25, 0.3) is 23.3 Å². The zero-order valence-corrected chi connectivity index (χ0v) is 38.1. The van der Waals surface area contributed by atoms with Gasteiger partial charge in [0.1, 0.15) is 4.90 Å². The second-order valence-corrected chi connectivity index (χ2v) is 19.6. The molecule has 5 heterocycles. The largest absolute Gasteiger partial charge is 0.479 e. The summed E-state index contributed by atoms with van der Waals surface area (Å²) in [5, 5.41) is 65.2. The third kappa shape index (κ3) is 9.51. The number of nitrogen functional groups attached to an aromatic ring is 2. The average molecular weight is 956 g/mol. The van der Waals surface area contributed by atoms with Crippen molar-refractivity contribution in [3.8, 4) is 29.3 Å². The second-order valence-electron chi connectivity index (χ2n) is 16.7. The molecule has 67 heavy (non-hydrogen) atoms. The lowest BCUT2D eigenvalue weighted by atomic mass is 9.91. The van der Waals surface area contributed by atoms with Crippen LogP contribution in [-0.4, -0.2) is 105 Å². The number of sulfone groups is 1. The predicted octanol–water partition coefficient (Wildman–Crippen LogP) is 5.43. The van der Waals surface area contributed by atoms with Crippen molar-refractivity contribution in [3.63, 3.8) is 0 Å². The van der Waals surface area contributed by atoms with E-state index in [2.05, 4.69) is 55.8 Å². The third-order valence-electron chi connectivity index (χ3n) is 9.56. The van der Waals surface area contributed by atoms with E-state index >= 15 is 0 Å². The lowest BCUT2D eigenvalue weighted by molar-refractivity contribution is 0.0686. The maximum absolute atomic E-state index is 12.9. The van der Waals surface area contributed by atoms with Crippen molar-refractivity contribution in [2.45, 2.75) is 63.0 Å². The first-order chi connectivity index (χ1) is 31.3. The van der Waals surface area contributed by atoms with Crippen LogP contribution < -0.4 is 11.5 Å². The zero-order chi connectivity index (χ0) is 48.9. The molecule has 0 amide bonds. The van der Waals surface area contributed by atoms with Crippen LogP contribution in [0.2, 0.25) is 0 Å². The molecule has 1 atom stereocenters. The minimum Gasteiger partial charge on any atom is -0.479 e. The molecule has 0 spiro atoms. The number of aromatic hydroxyl groups is 1. The van der Waals surface area contributed by atoms with Gasteiger partial charge < -0.3 is 31.3 Å². The third-order valence-corrected chi connectivity index (χ3v) is 11.2. The van der Waals surface area contributed by atoms with E-state index in [-0.39, 0.29) is 90.9 Å². The molecular formula is C39H41N17O9S2. The molecule has 26 nitrogen and oxygen atoms in total. The topological polar surface area (TPSA) is 378 Å². The number of anilines is 2. The molecular weight excluding hydrogens is 915 g/mol. The number of aromatic carboxylic acids is 2. The highest BCUT2D eigenvalue weighted by Gasteiger charge is 2.31. The summed E-state index contributed by atoms with van der Waals surface area (Å²) in [5.74, 6) is -4.17. The number of carbonyl (C=O) groups is 2. The van der Waals surface area contributed by atoms with Crippen LogP contribution in [0.3, 0.4) is 0 Å². The van der Waals surface area contributed by atoms with E-state index in [1.807, 2.05) is 20.8 Å². The quantitative estimate of drug-likeness (QED) is 0.0619. The summed E-state index contributed by atoms with van der Waals surface area (Å²) in [5.41, 5.74) is 12.7. The van der Waals surface area contributed by atoms with Crippen molar-refractivity contribution in [1.82, 2.24) is 54.1 Å². The summed E-state index contributed by atoms with van der Waals surface area (Å²) in [7, 11) is -3.96. The Bertz CT molecular complexity index is 3320. The van der Waals surface area contributed by atoms with E-state index in [0.29, 0.717) is 0 Å². The van der Waals surface area contributed by atoms with Crippen molar-refractivity contribution < 1.29 is 42.1 Å². The minimum atomic E-state index is -3.96. The number of hydrogen-bond acceptors (Lipinski definition) is 19. The molecule has 0 fully saturated rings. The molecule has 5 aromatic heterocycles. The van der Waals surface area contributed by atoms with Gasteiger partial charge in [-0.25, -0.2) is 31.6 Å². The highest BCUT2D eigenvalue weighted by molar-refractivity contribution is 7.90. The first-order valence-electron chi connectivity index (χ1n) is 19.5. The smallest absolute Gasteiger partial charge is 0.335 e. The van der Waals surface area contributed by atoms with Gasteiger partial charge in [0.25, 0.3) is 11.9 Å². The molecule has 1 unspecified atom stereocenters. The van der Waals surface area contributed by atoms with E-state index in [4.69, 9.17) is 11.5 Å². The van der Waals surface area contributed by atoms with Crippen LogP contribution >= 0.6 is 0 Å². The number of nitrogens with two attached hydrogens (primary N) is 2. The van der Waals surface area contributed by atoms with Crippen LogP contribution in [0.4, 0.5) is 34.6 Å². The van der Waals surface area contributed by atoms with Gasteiger partial charge in [-0.05, 0) is 36.4 Å². The van der Waals surface area contributed by atoms with E-state index < -0.39 is 55.4 Å². The Kier molecular flexibility index (Phi) is 12.1. The number of carboxylic acids is 2. The Labute approximate surface area is 382 Å². The van der Waals surface area contributed by atoms with Gasteiger partial charge in [-0.15, -0.1) is 20.5 Å². The fourth-order valence-electron chi connectivity index (χ4n) is 6.40. The molecule has 7 rings (SSSR count). The first kappa shape index (κ1) is 46.9. The number of aromatic nitrogens is 11. The Balaban J connectivity index is 1.34. The molecule has 28 heteroatoms. The van der Waals surface area contributed by atoms with E-state index in [1.54, 1.807) is 26.8 Å². The minimum absolute atomic E-state index is 0.00997. The van der Waals surface area contributed by atoms with Gasteiger partial charge in [-0.3, -0.25) is 0 Å². The van der Waals surface area contributed by atoms with Crippen LogP contribution in [0.15, 0.2) is 86.3 Å². The summed E-state index contributed by atoms with van der Waals surface area (Å²) in [6, 6.07) is 10.6. The van der Waals surface area contributed by atoms with Crippen molar-refractivity contribution in [2.75, 3.05) is 17.7 Å². The number of nitrogens with zero attached hydrogens (tertiary/aromatic N) is 15. The molecule has 0 saturated carbocycles. The number of hydrogen-bond donors (Lipinski definition) is 6. The molecule has 0 aliphatic rings. The second kappa shape index (κ2) is 17.4. The Morgan fingerprint density at radius 3 is 1.58 bits per heavy atom. The van der Waals surface area contributed by atoms with Crippen LogP contribution in [0.1, 0.15) is 79.2 Å². The highest BCUT2D eigenvalue weighted by atomic mass is 32.2. The van der Waals surface area contributed by atoms with Crippen LogP contribution in [0, 0.1) is 0 Å². The van der Waals surface area contributed by atoms with E-state index in [0.717, 1.165) is 26.5 Å². The van der Waals surface area contributed by atoms with E-state index in [9.17, 15) is 42.1 Å². The Hall–Kier alpha value is -8.11. The summed E-state index contributed by atoms with van der Waals surface area (Å²) >= 11 is -2.33. The fraction of sp³-hybridized carbons (Fsp3) is 0.256. The Morgan fingerprint density at radius 2 is 1.15 bits per heavy atom. The van der Waals surface area contributed by atoms with E-state index in [1.165, 1.54) is 53.3 Å². The van der Waals surface area contributed by atoms with Gasteiger partial charge >= 0.3 is 17.9 Å². The fourth-order valence-corrected chi connectivity index (χ4v) is 7.57. The van der Waals surface area contributed by atoms with Gasteiger partial charge in [0.05, 0.1) is 52.0 Å². The molecule has 0 aliphatic carbocycles. The molecule has 8 N–H and O–H groups in total. The van der Waals surface area contributed by atoms with Gasteiger partial charge in [-0.1, -0.05) is 53.7 Å². The molecule has 7 aromatic rings. The van der Waals surface area contributed by atoms with Crippen molar-refractivity contribution in [1.29, 1.82) is 0 Å². The number of azo groups is 2. The highest BCUT2D eigenvalue weighted by Crippen LogP contribution is 2.41. The van der Waals surface area contributed by atoms with Crippen LogP contribution in [0.5, 0.6) is 6.01 Å². The monoisotopic (exact) mass is 955 g/mol. The van der Waals surface area contributed by atoms with Gasteiger partial charge in [0, 0.05) is 22.6 Å². The van der Waals surface area contributed by atoms with Crippen LogP contribution in [-0.2, 0) is 37.5 Å². The SMILES string of the molecule is CC(C)(C)c1nn(-c2nc(O)nc(-n3nc(C(C)(C)C)c(N=Nc4c(S(C)(=O)=O)cnn4-c4cccc(C(=O)O)c4)c3N)n2)c(N)c1N=Nc1c(CS(=O)O)cnn1-c1cccc(C(=O)O)c1. The van der Waals surface area contributed by atoms with Crippen molar-refractivity contribution >= 4 is 67.5 Å². The number of benzene rings is 2. The molecule has 0 bridgehead atoms. The Morgan fingerprint density at radius 1 is 0.701 bits per heavy atom. The van der Waals surface area contributed by atoms with Gasteiger partial charge in [-0.2, -0.15) is 44.7 Å². The summed E-state index contributed by atoms with van der Waals surface area (Å²) < 4.78 is 51.9. The van der Waals surface area contributed by atoms with Gasteiger partial charge in [0.15, 0.2) is 55.6 Å². The molecule has 0 saturated heterocycles. The lowest BCUT2D eigenvalue weighted by Crippen LogP contribution is -2.16. The van der Waals surface area contributed by atoms with Crippen molar-refractivity contribution in [2.24, 2.45) is 20.5 Å². The predicted molar refractivity (Wildman–Crippen MR) is 239 cm³/mol. The standard InChI is InChI=1S/C39H41N17O9S2/c1-38(2,3)27-25(47-49-31-21(18-66(62)63)16-42-53(31)22-12-8-10-19(14-22)33(57)58)29(40)55(51-27)35-44-36(46-37(61)45-35)56-30(41)26(28(52-56)39(4,5)6)48-50-32-24(67(7,64)65)17-43-54(32)23-13-9-11-20(15-23)34(59)60/h8-17H,18,40-41H2,1-7H3,(H,57,58)(H,59,60)(H,62,63)(H,44,45,46,61). The molecule has 348 valence electrons. The molecule has 0 radical (unpaired) electrons. The average Bonchev–Trinajstić information content (AvgIpc) is 4.01. The van der Waals surface area contributed by atoms with Crippen molar-refractivity contribution in [3.05, 3.63) is 89.0 Å². The first-order valence-corrected chi connectivity index (χ1v) is 22.7. The normalized spacial score (nSPS) is 13.0. The lowest BCUT2D eigenvalue weighted by Gasteiger charge is -2.15. The summed E-state index contributed by atoms with van der Waals surface area (Å²) in [4.78, 5) is 35.7. The molecule has 0 aliphatic heterocycles. The maximum Gasteiger partial charge on any atom is 0.335 e. The number of rotatable bonds is 13. The summed E-state index contributed by atoms with van der Waals surface area (Å²) in [6.45, 7) is 10.8. The number of carboxylic acid groups (broad SMARTS) is 2. The zero-order valence-electron chi connectivity index (χ0n) is 36.5. The molecule has 2 aromatic carbocycles. The maximum atomic E-state index is 12.9. The van der Waals surface area contributed by atoms with Gasteiger partial charge in [0.2, 0.25) is 0 Å². The summed E-state index contributed by atoms with van der Waals surface area (Å²) in [6.07, 6.45) is 3.30.